The van der Waals surface area contributed by atoms with Gasteiger partial charge >= 0.3 is 11.9 Å². The van der Waals surface area contributed by atoms with E-state index in [0.29, 0.717) is 22.2 Å². The van der Waals surface area contributed by atoms with Gasteiger partial charge < -0.3 is 15.5 Å². The van der Waals surface area contributed by atoms with Gasteiger partial charge in [-0.25, -0.2) is 9.59 Å². The number of carbonyl (C=O) groups is 2. The van der Waals surface area contributed by atoms with E-state index in [4.69, 9.17) is 33.4 Å². The van der Waals surface area contributed by atoms with Gasteiger partial charge in [-0.05, 0) is 54.5 Å². The van der Waals surface area contributed by atoms with Crippen LogP contribution in [0.5, 0.6) is 0 Å². The van der Waals surface area contributed by atoms with E-state index >= 15 is 0 Å². The first kappa shape index (κ1) is 26.2. The molecule has 0 aliphatic heterocycles. The van der Waals surface area contributed by atoms with Crippen LogP contribution >= 0.6 is 34.5 Å². The number of aliphatic carboxylic acids is 2. The largest absolute Gasteiger partial charge is 0.478 e. The molecule has 0 saturated heterocycles. The van der Waals surface area contributed by atoms with Crippen LogP contribution in [0, 0.1) is 0 Å². The lowest BCUT2D eigenvalue weighted by molar-refractivity contribution is -0.134. The Balaban J connectivity index is 0.000000350. The van der Waals surface area contributed by atoms with Crippen molar-refractivity contribution in [1.29, 1.82) is 0 Å². The number of carboxylic acid groups (broad SMARTS) is 2. The van der Waals surface area contributed by atoms with Gasteiger partial charge in [0.05, 0.1) is 15.6 Å². The van der Waals surface area contributed by atoms with E-state index < -0.39 is 11.9 Å². The highest BCUT2D eigenvalue weighted by atomic mass is 35.5. The van der Waals surface area contributed by atoms with E-state index in [1.807, 2.05) is 23.5 Å². The predicted molar refractivity (Wildman–Crippen MR) is 139 cm³/mol. The molecule has 180 valence electrons. The molecule has 34 heavy (non-hydrogen) atoms. The number of benzene rings is 2. The van der Waals surface area contributed by atoms with Crippen LogP contribution in [-0.2, 0) is 21.5 Å². The molecule has 4 rings (SSSR count). The fourth-order valence-electron chi connectivity index (χ4n) is 4.17. The normalized spacial score (nSPS) is 15.1. The number of thiophene rings is 1. The molecule has 8 heteroatoms. The van der Waals surface area contributed by atoms with Crippen LogP contribution in [0.2, 0.25) is 10.0 Å². The summed E-state index contributed by atoms with van der Waals surface area (Å²) < 4.78 is 1.39. The Hall–Kier alpha value is -2.38. The lowest BCUT2D eigenvalue weighted by Gasteiger charge is -2.38. The van der Waals surface area contributed by atoms with E-state index in [0.717, 1.165) is 13.0 Å². The van der Waals surface area contributed by atoms with Gasteiger partial charge in [-0.15, -0.1) is 11.3 Å². The summed E-state index contributed by atoms with van der Waals surface area (Å²) in [4.78, 5) is 20.6. The molecule has 0 atom stereocenters. The maximum Gasteiger partial charge on any atom is 0.328 e. The van der Waals surface area contributed by atoms with Gasteiger partial charge in [-0.2, -0.15) is 0 Å². The Labute approximate surface area is 213 Å². The standard InChI is InChI=1S/C22H23Cl2NS.C4H4O4/c23-18-9-8-16(14-19(18)24)10-13-25-22(11-4-1-5-12-22)21-15-17-6-2-3-7-20(17)26-21;5-3(6)1-2-4(7)8/h2-3,6-9,14-15,25H,1,4-5,10-13H2;1-2H,(H,5,6)(H,7,8)/b;2-1+. The fourth-order valence-corrected chi connectivity index (χ4v) is 5.77. The van der Waals surface area contributed by atoms with Crippen molar-refractivity contribution in [3.05, 3.63) is 81.2 Å². The van der Waals surface area contributed by atoms with E-state index in [-0.39, 0.29) is 5.54 Å². The van der Waals surface area contributed by atoms with Crippen LogP contribution in [0.15, 0.2) is 60.7 Å². The van der Waals surface area contributed by atoms with Crippen LogP contribution in [0.1, 0.15) is 42.5 Å². The van der Waals surface area contributed by atoms with Gasteiger partial charge in [-0.1, -0.05) is 66.7 Å². The van der Waals surface area contributed by atoms with Crippen LogP contribution in [0.25, 0.3) is 10.1 Å². The van der Waals surface area contributed by atoms with E-state index in [9.17, 15) is 9.59 Å². The maximum atomic E-state index is 9.55. The summed E-state index contributed by atoms with van der Waals surface area (Å²) in [6.45, 7) is 0.951. The zero-order valence-corrected chi connectivity index (χ0v) is 20.9. The number of halogens is 2. The highest BCUT2D eigenvalue weighted by Gasteiger charge is 2.34. The van der Waals surface area contributed by atoms with Crippen molar-refractivity contribution < 1.29 is 19.8 Å². The number of fused-ring (bicyclic) bond motifs is 1. The van der Waals surface area contributed by atoms with Crippen LogP contribution in [0.4, 0.5) is 0 Å². The first-order chi connectivity index (χ1) is 16.3. The molecule has 1 saturated carbocycles. The van der Waals surface area contributed by atoms with Gasteiger partial charge in [-0.3, -0.25) is 0 Å². The topological polar surface area (TPSA) is 86.6 Å². The molecule has 1 aromatic heterocycles. The predicted octanol–water partition coefficient (Wildman–Crippen LogP) is 6.91. The quantitative estimate of drug-likeness (QED) is 0.295. The van der Waals surface area contributed by atoms with E-state index in [1.54, 1.807) is 0 Å². The van der Waals surface area contributed by atoms with Crippen LogP contribution in [0.3, 0.4) is 0 Å². The second-order valence-electron chi connectivity index (χ2n) is 8.23. The highest BCUT2D eigenvalue weighted by Crippen LogP contribution is 2.42. The monoisotopic (exact) mass is 519 g/mol. The van der Waals surface area contributed by atoms with Crippen molar-refractivity contribution >= 4 is 56.6 Å². The van der Waals surface area contributed by atoms with Crippen LogP contribution < -0.4 is 5.32 Å². The summed E-state index contributed by atoms with van der Waals surface area (Å²) in [5.41, 5.74) is 1.35. The second kappa shape index (κ2) is 12.4. The average molecular weight is 520 g/mol. The zero-order chi connectivity index (χ0) is 24.6. The van der Waals surface area contributed by atoms with Gasteiger partial charge in [0.25, 0.3) is 0 Å². The summed E-state index contributed by atoms with van der Waals surface area (Å²) in [7, 11) is 0. The highest BCUT2D eigenvalue weighted by molar-refractivity contribution is 7.19. The van der Waals surface area contributed by atoms with Crippen molar-refractivity contribution in [2.45, 2.75) is 44.1 Å². The number of hydrogen-bond acceptors (Lipinski definition) is 4. The minimum atomic E-state index is -1.26. The fraction of sp³-hybridized carbons (Fsp3) is 0.308. The average Bonchev–Trinajstić information content (AvgIpc) is 3.26. The van der Waals surface area contributed by atoms with Crippen LogP contribution in [-0.4, -0.2) is 28.7 Å². The SMILES string of the molecule is Clc1ccc(CCNC2(c3cc4ccccc4s3)CCCCC2)cc1Cl.O=C(O)/C=C/C(=O)O. The maximum absolute atomic E-state index is 9.55. The second-order valence-corrected chi connectivity index (χ2v) is 10.1. The smallest absolute Gasteiger partial charge is 0.328 e. The molecule has 3 N–H and O–H groups in total. The lowest BCUT2D eigenvalue weighted by Crippen LogP contribution is -2.44. The molecule has 1 aliphatic carbocycles. The first-order valence-electron chi connectivity index (χ1n) is 11.1. The first-order valence-corrected chi connectivity index (χ1v) is 12.7. The Morgan fingerprint density at radius 3 is 2.24 bits per heavy atom. The van der Waals surface area contributed by atoms with E-state index in [2.05, 4.69) is 41.7 Å². The van der Waals surface area contributed by atoms with Gasteiger partial charge in [0.1, 0.15) is 0 Å². The van der Waals surface area contributed by atoms with Gasteiger partial charge in [0, 0.05) is 28.3 Å². The third kappa shape index (κ3) is 7.31. The van der Waals surface area contributed by atoms with Crippen molar-refractivity contribution in [2.24, 2.45) is 0 Å². The molecule has 5 nitrogen and oxygen atoms in total. The van der Waals surface area contributed by atoms with Gasteiger partial charge in [0.15, 0.2) is 0 Å². The molecule has 2 aromatic carbocycles. The summed E-state index contributed by atoms with van der Waals surface area (Å²) in [6.07, 6.45) is 8.47. The Morgan fingerprint density at radius 2 is 1.62 bits per heavy atom. The summed E-state index contributed by atoms with van der Waals surface area (Å²) in [5.74, 6) is -2.51. The Bertz CT molecular complexity index is 1120. The molecule has 0 spiro atoms. The molecule has 0 unspecified atom stereocenters. The summed E-state index contributed by atoms with van der Waals surface area (Å²) in [5, 5.41) is 22.2. The third-order valence-electron chi connectivity index (χ3n) is 5.83. The summed E-state index contributed by atoms with van der Waals surface area (Å²) >= 11 is 14.1. The number of hydrogen-bond donors (Lipinski definition) is 3. The lowest BCUT2D eigenvalue weighted by atomic mass is 9.80. The zero-order valence-electron chi connectivity index (χ0n) is 18.6. The molecule has 0 radical (unpaired) electrons. The number of carboxylic acids is 2. The Kier molecular flexibility index (Phi) is 9.54. The van der Waals surface area contributed by atoms with Crippen molar-refractivity contribution in [3.63, 3.8) is 0 Å². The number of rotatable bonds is 7. The summed E-state index contributed by atoms with van der Waals surface area (Å²) in [6, 6.07) is 17.1. The minimum absolute atomic E-state index is 0.123. The van der Waals surface area contributed by atoms with Crippen molar-refractivity contribution in [1.82, 2.24) is 5.32 Å². The van der Waals surface area contributed by atoms with Gasteiger partial charge in [0.2, 0.25) is 0 Å². The molecule has 0 bridgehead atoms. The minimum Gasteiger partial charge on any atom is -0.478 e. The number of nitrogens with one attached hydrogen (secondary N) is 1. The molecular formula is C26H27Cl2NO4S. The molecule has 1 heterocycles. The Morgan fingerprint density at radius 1 is 0.941 bits per heavy atom. The molecule has 1 fully saturated rings. The van der Waals surface area contributed by atoms with Crippen molar-refractivity contribution in [2.75, 3.05) is 6.54 Å². The third-order valence-corrected chi connectivity index (χ3v) is 7.89. The molecule has 1 aliphatic rings. The van der Waals surface area contributed by atoms with Crippen molar-refractivity contribution in [3.8, 4) is 0 Å². The molecule has 3 aromatic rings. The van der Waals surface area contributed by atoms with E-state index in [1.165, 1.54) is 52.6 Å². The molecule has 0 amide bonds. The molecular weight excluding hydrogens is 493 g/mol.